The summed E-state index contributed by atoms with van der Waals surface area (Å²) in [4.78, 5) is 20.1. The topological polar surface area (TPSA) is 47.0 Å². The molecule has 2 aliphatic rings. The fourth-order valence-corrected chi connectivity index (χ4v) is 4.80. The number of piperazine rings is 1. The number of benzene rings is 2. The number of amides is 1. The van der Waals surface area contributed by atoms with E-state index in [0.717, 1.165) is 63.4 Å². The maximum atomic E-state index is 13.2. The number of likely N-dealkylation sites (N-methyl/N-ethyl adjacent to an activating group) is 1. The highest BCUT2D eigenvalue weighted by Crippen LogP contribution is 2.32. The average Bonchev–Trinajstić information content (AvgIpc) is 3.14. The summed E-state index contributed by atoms with van der Waals surface area (Å²) in [6.45, 7) is 11.9. The van der Waals surface area contributed by atoms with E-state index in [9.17, 15) is 9.90 Å². The van der Waals surface area contributed by atoms with E-state index >= 15 is 0 Å². The second-order valence-electron chi connectivity index (χ2n) is 9.34. The highest BCUT2D eigenvalue weighted by atomic mass is 16.3. The SMILES string of the molecule is CCN1CCN(c2ccccc2C[C@H]2CCN(c3ccc(C(C)(C)O)cc3)C2=O)CC1. The molecule has 2 heterocycles. The zero-order chi connectivity index (χ0) is 22.0. The van der Waals surface area contributed by atoms with Crippen LogP contribution in [0.1, 0.15) is 38.3 Å². The fourth-order valence-electron chi connectivity index (χ4n) is 4.80. The molecule has 1 atom stereocenters. The molecule has 4 rings (SSSR count). The van der Waals surface area contributed by atoms with E-state index in [1.54, 1.807) is 13.8 Å². The van der Waals surface area contributed by atoms with Crippen LogP contribution < -0.4 is 9.80 Å². The molecule has 2 aromatic rings. The lowest BCUT2D eigenvalue weighted by Gasteiger charge is -2.36. The van der Waals surface area contributed by atoms with E-state index in [4.69, 9.17) is 0 Å². The van der Waals surface area contributed by atoms with Crippen LogP contribution in [0.3, 0.4) is 0 Å². The summed E-state index contributed by atoms with van der Waals surface area (Å²) in [6, 6.07) is 16.3. The lowest BCUT2D eigenvalue weighted by atomic mass is 9.96. The first-order valence-electron chi connectivity index (χ1n) is 11.6. The van der Waals surface area contributed by atoms with Gasteiger partial charge in [-0.3, -0.25) is 4.79 Å². The van der Waals surface area contributed by atoms with Gasteiger partial charge >= 0.3 is 0 Å². The van der Waals surface area contributed by atoms with Crippen molar-refractivity contribution in [3.63, 3.8) is 0 Å². The third-order valence-corrected chi connectivity index (χ3v) is 6.82. The van der Waals surface area contributed by atoms with Gasteiger partial charge in [0.25, 0.3) is 0 Å². The van der Waals surface area contributed by atoms with Gasteiger partial charge in [0.2, 0.25) is 5.91 Å². The Labute approximate surface area is 186 Å². The predicted molar refractivity (Wildman–Crippen MR) is 127 cm³/mol. The summed E-state index contributed by atoms with van der Waals surface area (Å²) >= 11 is 0. The van der Waals surface area contributed by atoms with Gasteiger partial charge in [0, 0.05) is 50.0 Å². The number of hydrogen-bond donors (Lipinski definition) is 1. The summed E-state index contributed by atoms with van der Waals surface area (Å²) < 4.78 is 0. The number of nitrogens with zero attached hydrogens (tertiary/aromatic N) is 3. The fraction of sp³-hybridized carbons (Fsp3) is 0.500. The normalized spacial score (nSPS) is 20.5. The summed E-state index contributed by atoms with van der Waals surface area (Å²) in [5.41, 5.74) is 3.48. The highest BCUT2D eigenvalue weighted by molar-refractivity contribution is 5.97. The summed E-state index contributed by atoms with van der Waals surface area (Å²) in [6.07, 6.45) is 1.67. The second-order valence-corrected chi connectivity index (χ2v) is 9.34. The van der Waals surface area contributed by atoms with Crippen LogP contribution >= 0.6 is 0 Å². The Morgan fingerprint density at radius 2 is 1.65 bits per heavy atom. The lowest BCUT2D eigenvalue weighted by molar-refractivity contribution is -0.120. The summed E-state index contributed by atoms with van der Waals surface area (Å²) in [5, 5.41) is 10.2. The minimum Gasteiger partial charge on any atom is -0.386 e. The van der Waals surface area contributed by atoms with Gasteiger partial charge in [0.15, 0.2) is 0 Å². The molecule has 31 heavy (non-hydrogen) atoms. The minimum atomic E-state index is -0.873. The molecule has 0 radical (unpaired) electrons. The Kier molecular flexibility index (Phi) is 6.35. The van der Waals surface area contributed by atoms with E-state index in [-0.39, 0.29) is 11.8 Å². The molecule has 1 amide bonds. The first-order chi connectivity index (χ1) is 14.9. The number of carbonyl (C=O) groups excluding carboxylic acids is 1. The Morgan fingerprint density at radius 3 is 2.29 bits per heavy atom. The molecule has 0 saturated carbocycles. The van der Waals surface area contributed by atoms with Gasteiger partial charge in [-0.2, -0.15) is 0 Å². The van der Waals surface area contributed by atoms with Crippen molar-refractivity contribution in [1.82, 2.24) is 4.90 Å². The van der Waals surface area contributed by atoms with Crippen molar-refractivity contribution in [1.29, 1.82) is 0 Å². The Hall–Kier alpha value is -2.37. The van der Waals surface area contributed by atoms with Gasteiger partial charge in [-0.15, -0.1) is 0 Å². The van der Waals surface area contributed by atoms with E-state index in [1.165, 1.54) is 11.3 Å². The average molecular weight is 422 g/mol. The van der Waals surface area contributed by atoms with E-state index in [1.807, 2.05) is 29.2 Å². The van der Waals surface area contributed by atoms with E-state index < -0.39 is 5.60 Å². The van der Waals surface area contributed by atoms with Crippen LogP contribution in [-0.4, -0.2) is 55.2 Å². The van der Waals surface area contributed by atoms with Gasteiger partial charge < -0.3 is 19.8 Å². The minimum absolute atomic E-state index is 0.0204. The third kappa shape index (κ3) is 4.78. The molecule has 0 bridgehead atoms. The van der Waals surface area contributed by atoms with Crippen LogP contribution in [0.15, 0.2) is 48.5 Å². The molecule has 0 spiro atoms. The van der Waals surface area contributed by atoms with E-state index in [0.29, 0.717) is 0 Å². The molecule has 0 aliphatic carbocycles. The van der Waals surface area contributed by atoms with Crippen LogP contribution in [0.5, 0.6) is 0 Å². The summed E-state index contributed by atoms with van der Waals surface area (Å²) in [7, 11) is 0. The van der Waals surface area contributed by atoms with Gasteiger partial charge in [-0.1, -0.05) is 37.3 Å². The molecule has 2 saturated heterocycles. The Balaban J connectivity index is 1.45. The van der Waals surface area contributed by atoms with Crippen molar-refractivity contribution in [3.05, 3.63) is 59.7 Å². The molecule has 166 valence electrons. The largest absolute Gasteiger partial charge is 0.386 e. The first-order valence-corrected chi connectivity index (χ1v) is 11.6. The molecule has 5 nitrogen and oxygen atoms in total. The molecular weight excluding hydrogens is 386 g/mol. The summed E-state index contributed by atoms with van der Waals surface area (Å²) in [5.74, 6) is 0.230. The van der Waals surface area contributed by atoms with E-state index in [2.05, 4.69) is 41.0 Å². The molecule has 2 aliphatic heterocycles. The highest BCUT2D eigenvalue weighted by Gasteiger charge is 2.33. The number of para-hydroxylation sites is 1. The number of carbonyl (C=O) groups is 1. The van der Waals surface area contributed by atoms with Crippen molar-refractivity contribution in [2.24, 2.45) is 5.92 Å². The van der Waals surface area contributed by atoms with Crippen LogP contribution in [0.2, 0.25) is 0 Å². The Morgan fingerprint density at radius 1 is 0.968 bits per heavy atom. The monoisotopic (exact) mass is 421 g/mol. The quantitative estimate of drug-likeness (QED) is 0.773. The molecule has 2 aromatic carbocycles. The van der Waals surface area contributed by atoms with Crippen LogP contribution in [0, 0.1) is 5.92 Å². The van der Waals surface area contributed by atoms with Crippen molar-refractivity contribution in [2.75, 3.05) is 49.1 Å². The lowest BCUT2D eigenvalue weighted by Crippen LogP contribution is -2.46. The molecule has 2 fully saturated rings. The Bertz CT molecular complexity index is 896. The van der Waals surface area contributed by atoms with Crippen molar-refractivity contribution in [2.45, 2.75) is 39.2 Å². The number of hydrogen-bond acceptors (Lipinski definition) is 4. The molecule has 1 N–H and O–H groups in total. The van der Waals surface area contributed by atoms with Gasteiger partial charge in [0.05, 0.1) is 5.60 Å². The molecule has 5 heteroatoms. The third-order valence-electron chi connectivity index (χ3n) is 6.82. The zero-order valence-electron chi connectivity index (χ0n) is 19.1. The first kappa shape index (κ1) is 21.8. The number of rotatable bonds is 6. The smallest absolute Gasteiger partial charge is 0.230 e. The predicted octanol–water partition coefficient (Wildman–Crippen LogP) is 3.65. The number of aliphatic hydroxyl groups is 1. The van der Waals surface area contributed by atoms with Crippen LogP contribution in [0.25, 0.3) is 0 Å². The standard InChI is InChI=1S/C26H35N3O2/c1-4-27-15-17-28(18-16-27)24-8-6-5-7-20(24)19-21-13-14-29(25(21)30)23-11-9-22(10-12-23)26(2,3)31/h5-12,21,31H,4,13-19H2,1-3H3/t21-/m1/s1. The second kappa shape index (κ2) is 9.01. The van der Waals surface area contributed by atoms with Gasteiger partial charge in [-0.25, -0.2) is 0 Å². The number of anilines is 2. The maximum Gasteiger partial charge on any atom is 0.230 e. The van der Waals surface area contributed by atoms with Gasteiger partial charge in [-0.05, 0) is 62.6 Å². The van der Waals surface area contributed by atoms with Crippen LogP contribution in [0.4, 0.5) is 11.4 Å². The van der Waals surface area contributed by atoms with Crippen molar-refractivity contribution < 1.29 is 9.90 Å². The van der Waals surface area contributed by atoms with Crippen molar-refractivity contribution >= 4 is 17.3 Å². The maximum absolute atomic E-state index is 13.2. The zero-order valence-corrected chi connectivity index (χ0v) is 19.1. The van der Waals surface area contributed by atoms with Crippen molar-refractivity contribution in [3.8, 4) is 0 Å². The van der Waals surface area contributed by atoms with Gasteiger partial charge in [0.1, 0.15) is 0 Å². The van der Waals surface area contributed by atoms with Crippen LogP contribution in [-0.2, 0) is 16.8 Å². The molecular formula is C26H35N3O2. The molecule has 0 aromatic heterocycles. The molecule has 0 unspecified atom stereocenters.